The number of benzene rings is 1. The van der Waals surface area contributed by atoms with Gasteiger partial charge < -0.3 is 5.11 Å². The van der Waals surface area contributed by atoms with E-state index in [0.29, 0.717) is 11.1 Å². The van der Waals surface area contributed by atoms with Crippen molar-refractivity contribution in [2.24, 2.45) is 0 Å². The van der Waals surface area contributed by atoms with Crippen molar-refractivity contribution in [2.75, 3.05) is 0 Å². The molecular weight excluding hydrogens is 185 g/mol. The fraction of sp³-hybridized carbons (Fsp3) is 0.200. The van der Waals surface area contributed by atoms with Gasteiger partial charge in [-0.1, -0.05) is 0 Å². The minimum atomic E-state index is -1.03. The number of rotatable bonds is 2. The van der Waals surface area contributed by atoms with E-state index in [1.807, 2.05) is 0 Å². The Hall–Kier alpha value is -1.89. The zero-order valence-electron chi connectivity index (χ0n) is 7.54. The molecule has 0 amide bonds. The number of aryl methyl sites for hydroxylation is 1. The summed E-state index contributed by atoms with van der Waals surface area (Å²) in [6.07, 6.45) is -0.255. The molecule has 0 heterocycles. The van der Waals surface area contributed by atoms with Crippen molar-refractivity contribution in [3.63, 3.8) is 0 Å². The van der Waals surface area contributed by atoms with Crippen LogP contribution < -0.4 is 0 Å². The number of carboxylic acid groups (broad SMARTS) is 1. The fourth-order valence-corrected chi connectivity index (χ4v) is 1.26. The lowest BCUT2D eigenvalue weighted by atomic mass is 10.00. The third-order valence-corrected chi connectivity index (χ3v) is 1.89. The highest BCUT2D eigenvalue weighted by molar-refractivity contribution is 5.72. The van der Waals surface area contributed by atoms with Crippen LogP contribution in [0, 0.1) is 24.1 Å². The molecule has 0 aliphatic rings. The van der Waals surface area contributed by atoms with Crippen molar-refractivity contribution in [1.29, 1.82) is 5.26 Å². The molecule has 0 radical (unpaired) electrons. The molecule has 0 aliphatic carbocycles. The van der Waals surface area contributed by atoms with Crippen molar-refractivity contribution >= 4 is 5.97 Å². The highest BCUT2D eigenvalue weighted by Crippen LogP contribution is 2.16. The summed E-state index contributed by atoms with van der Waals surface area (Å²) in [7, 11) is 0. The highest BCUT2D eigenvalue weighted by Gasteiger charge is 2.11. The number of carbonyl (C=O) groups is 1. The Morgan fingerprint density at radius 3 is 2.79 bits per heavy atom. The molecule has 1 rings (SSSR count). The topological polar surface area (TPSA) is 61.1 Å². The van der Waals surface area contributed by atoms with Crippen molar-refractivity contribution in [3.8, 4) is 6.07 Å². The van der Waals surface area contributed by atoms with Gasteiger partial charge in [-0.25, -0.2) is 4.39 Å². The van der Waals surface area contributed by atoms with Crippen LogP contribution in [0.25, 0.3) is 0 Å². The number of hydrogen-bond donors (Lipinski definition) is 1. The van der Waals surface area contributed by atoms with Gasteiger partial charge in [0.2, 0.25) is 0 Å². The van der Waals surface area contributed by atoms with E-state index >= 15 is 0 Å². The first-order valence-electron chi connectivity index (χ1n) is 3.95. The first kappa shape index (κ1) is 10.2. The molecule has 14 heavy (non-hydrogen) atoms. The molecule has 0 fully saturated rings. The maximum absolute atomic E-state index is 12.8. The standard InChI is InChI=1S/C10H8FNO2/c1-6-2-8(11)3-7(5-12)9(6)4-10(13)14/h2-3H,4H2,1H3,(H,13,14). The average molecular weight is 193 g/mol. The molecule has 0 saturated carbocycles. The lowest BCUT2D eigenvalue weighted by Crippen LogP contribution is -2.05. The number of nitrogens with zero attached hydrogens (tertiary/aromatic N) is 1. The summed E-state index contributed by atoms with van der Waals surface area (Å²) in [6.45, 7) is 1.59. The SMILES string of the molecule is Cc1cc(F)cc(C#N)c1CC(=O)O. The van der Waals surface area contributed by atoms with Crippen LogP contribution in [0.5, 0.6) is 0 Å². The first-order valence-corrected chi connectivity index (χ1v) is 3.95. The van der Waals surface area contributed by atoms with Crippen LogP contribution in [0.3, 0.4) is 0 Å². The van der Waals surface area contributed by atoms with Gasteiger partial charge in [-0.15, -0.1) is 0 Å². The predicted molar refractivity (Wildman–Crippen MR) is 47.2 cm³/mol. The largest absolute Gasteiger partial charge is 0.481 e. The number of aliphatic carboxylic acids is 1. The highest BCUT2D eigenvalue weighted by atomic mass is 19.1. The van der Waals surface area contributed by atoms with E-state index in [2.05, 4.69) is 0 Å². The Morgan fingerprint density at radius 2 is 2.29 bits per heavy atom. The van der Waals surface area contributed by atoms with Gasteiger partial charge in [-0.3, -0.25) is 4.79 Å². The van der Waals surface area contributed by atoms with Crippen molar-refractivity contribution in [1.82, 2.24) is 0 Å². The van der Waals surface area contributed by atoms with Crippen LogP contribution in [0.2, 0.25) is 0 Å². The maximum atomic E-state index is 12.8. The first-order chi connectivity index (χ1) is 6.54. The van der Waals surface area contributed by atoms with Crippen LogP contribution in [0.15, 0.2) is 12.1 Å². The fourth-order valence-electron chi connectivity index (χ4n) is 1.26. The lowest BCUT2D eigenvalue weighted by Gasteiger charge is -2.05. The van der Waals surface area contributed by atoms with Crippen molar-refractivity contribution in [2.45, 2.75) is 13.3 Å². The van der Waals surface area contributed by atoms with E-state index in [9.17, 15) is 9.18 Å². The predicted octanol–water partition coefficient (Wildman–Crippen LogP) is 1.63. The second-order valence-electron chi connectivity index (χ2n) is 2.93. The third kappa shape index (κ3) is 2.07. The van der Waals surface area contributed by atoms with Crippen molar-refractivity contribution in [3.05, 3.63) is 34.6 Å². The van der Waals surface area contributed by atoms with Crippen molar-refractivity contribution < 1.29 is 14.3 Å². The molecule has 0 atom stereocenters. The number of nitriles is 1. The molecule has 72 valence electrons. The molecule has 1 aromatic carbocycles. The third-order valence-electron chi connectivity index (χ3n) is 1.89. The Morgan fingerprint density at radius 1 is 1.64 bits per heavy atom. The zero-order chi connectivity index (χ0) is 10.7. The molecule has 0 saturated heterocycles. The summed E-state index contributed by atoms with van der Waals surface area (Å²) in [5.74, 6) is -1.55. The molecule has 0 aromatic heterocycles. The van der Waals surface area contributed by atoms with E-state index in [4.69, 9.17) is 10.4 Å². The molecule has 0 unspecified atom stereocenters. The summed E-state index contributed by atoms with van der Waals surface area (Å²) in [5.41, 5.74) is 0.954. The summed E-state index contributed by atoms with van der Waals surface area (Å²) < 4.78 is 12.8. The minimum absolute atomic E-state index is 0.0879. The summed E-state index contributed by atoms with van der Waals surface area (Å²) in [6, 6.07) is 4.05. The molecule has 1 N–H and O–H groups in total. The molecule has 0 aliphatic heterocycles. The van der Waals surface area contributed by atoms with Gasteiger partial charge >= 0.3 is 5.97 Å². The second kappa shape index (κ2) is 3.88. The average Bonchev–Trinajstić information content (AvgIpc) is 2.08. The van der Waals surface area contributed by atoms with E-state index in [0.717, 1.165) is 6.07 Å². The summed E-state index contributed by atoms with van der Waals surface area (Å²) in [5, 5.41) is 17.2. The molecule has 3 nitrogen and oxygen atoms in total. The van der Waals surface area contributed by atoms with Crippen LogP contribution >= 0.6 is 0 Å². The van der Waals surface area contributed by atoms with Gasteiger partial charge in [0.05, 0.1) is 18.1 Å². The van der Waals surface area contributed by atoms with E-state index in [-0.39, 0.29) is 12.0 Å². The Labute approximate surface area is 80.4 Å². The van der Waals surface area contributed by atoms with Gasteiger partial charge in [-0.05, 0) is 30.2 Å². The lowest BCUT2D eigenvalue weighted by molar-refractivity contribution is -0.136. The summed E-state index contributed by atoms with van der Waals surface area (Å²) >= 11 is 0. The monoisotopic (exact) mass is 193 g/mol. The normalized spacial score (nSPS) is 9.50. The molecule has 1 aromatic rings. The summed E-state index contributed by atoms with van der Waals surface area (Å²) in [4.78, 5) is 10.5. The Bertz CT molecular complexity index is 421. The quantitative estimate of drug-likeness (QED) is 0.776. The second-order valence-corrected chi connectivity index (χ2v) is 2.93. The number of carboxylic acids is 1. The molecule has 0 bridgehead atoms. The van der Waals surface area contributed by atoms with Crippen LogP contribution in [-0.4, -0.2) is 11.1 Å². The van der Waals surface area contributed by atoms with Gasteiger partial charge in [0, 0.05) is 0 Å². The van der Waals surface area contributed by atoms with Gasteiger partial charge in [-0.2, -0.15) is 5.26 Å². The smallest absolute Gasteiger partial charge is 0.307 e. The molecular formula is C10H8FNO2. The van der Waals surface area contributed by atoms with Gasteiger partial charge in [0.25, 0.3) is 0 Å². The van der Waals surface area contributed by atoms with E-state index in [1.165, 1.54) is 6.07 Å². The number of halogens is 1. The van der Waals surface area contributed by atoms with Crippen LogP contribution in [0.4, 0.5) is 4.39 Å². The van der Waals surface area contributed by atoms with Gasteiger partial charge in [0.15, 0.2) is 0 Å². The minimum Gasteiger partial charge on any atom is -0.481 e. The van der Waals surface area contributed by atoms with E-state index < -0.39 is 11.8 Å². The molecule has 4 heteroatoms. The molecule has 0 spiro atoms. The van der Waals surface area contributed by atoms with Gasteiger partial charge in [0.1, 0.15) is 5.82 Å². The Balaban J connectivity index is 3.27. The number of hydrogen-bond acceptors (Lipinski definition) is 2. The van der Waals surface area contributed by atoms with Crippen LogP contribution in [-0.2, 0) is 11.2 Å². The maximum Gasteiger partial charge on any atom is 0.307 e. The van der Waals surface area contributed by atoms with Crippen LogP contribution in [0.1, 0.15) is 16.7 Å². The Kier molecular flexibility index (Phi) is 2.82. The van der Waals surface area contributed by atoms with E-state index in [1.54, 1.807) is 13.0 Å². The zero-order valence-corrected chi connectivity index (χ0v) is 7.54.